The zero-order valence-corrected chi connectivity index (χ0v) is 10.3. The van der Waals surface area contributed by atoms with E-state index in [-0.39, 0.29) is 6.04 Å². The first-order chi connectivity index (χ1) is 7.58. The highest BCUT2D eigenvalue weighted by atomic mass is 15.4. The van der Waals surface area contributed by atoms with Crippen molar-refractivity contribution >= 4 is 5.95 Å². The van der Waals surface area contributed by atoms with Gasteiger partial charge in [0.25, 0.3) is 0 Å². The van der Waals surface area contributed by atoms with E-state index in [1.807, 2.05) is 0 Å². The van der Waals surface area contributed by atoms with Gasteiger partial charge >= 0.3 is 0 Å². The van der Waals surface area contributed by atoms with Crippen molar-refractivity contribution in [2.24, 2.45) is 11.7 Å². The zero-order chi connectivity index (χ0) is 11.7. The molecule has 0 aromatic carbocycles. The van der Waals surface area contributed by atoms with E-state index < -0.39 is 0 Å². The number of piperidine rings is 1. The van der Waals surface area contributed by atoms with Crippen molar-refractivity contribution in [2.45, 2.75) is 39.2 Å². The molecular weight excluding hydrogens is 202 g/mol. The first-order valence-corrected chi connectivity index (χ1v) is 6.00. The third-order valence-electron chi connectivity index (χ3n) is 3.34. The van der Waals surface area contributed by atoms with E-state index in [0.717, 1.165) is 31.3 Å². The van der Waals surface area contributed by atoms with Gasteiger partial charge in [-0.25, -0.2) is 0 Å². The molecular formula is C11H21N5. The van der Waals surface area contributed by atoms with Gasteiger partial charge in [-0.3, -0.25) is 5.10 Å². The Morgan fingerprint density at radius 3 is 2.81 bits per heavy atom. The van der Waals surface area contributed by atoms with Crippen LogP contribution in [-0.4, -0.2) is 34.3 Å². The number of aromatic nitrogens is 3. The lowest BCUT2D eigenvalue weighted by Crippen LogP contribution is -2.48. The fourth-order valence-electron chi connectivity index (χ4n) is 1.95. The Kier molecular flexibility index (Phi) is 3.14. The molecule has 1 saturated heterocycles. The first kappa shape index (κ1) is 11.4. The predicted molar refractivity (Wildman–Crippen MR) is 64.4 cm³/mol. The highest BCUT2D eigenvalue weighted by Gasteiger charge is 2.25. The summed E-state index contributed by atoms with van der Waals surface area (Å²) in [5.41, 5.74) is 6.07. The Labute approximate surface area is 96.4 Å². The lowest BCUT2D eigenvalue weighted by atomic mass is 9.95. The van der Waals surface area contributed by atoms with Crippen molar-refractivity contribution in [1.29, 1.82) is 0 Å². The standard InChI is InChI=1S/C11H21N5/c1-7(2)10-13-11(15-14-10)16-5-4-8(3)9(12)6-16/h7-9H,4-6,12H2,1-3H3,(H,13,14,15). The Morgan fingerprint density at radius 1 is 1.50 bits per heavy atom. The van der Waals surface area contributed by atoms with E-state index in [1.165, 1.54) is 0 Å². The number of aromatic amines is 1. The minimum absolute atomic E-state index is 0.231. The minimum atomic E-state index is 0.231. The van der Waals surface area contributed by atoms with Gasteiger partial charge < -0.3 is 10.6 Å². The van der Waals surface area contributed by atoms with Crippen LogP contribution in [0.3, 0.4) is 0 Å². The minimum Gasteiger partial charge on any atom is -0.338 e. The molecule has 1 aromatic heterocycles. The molecule has 3 N–H and O–H groups in total. The predicted octanol–water partition coefficient (Wildman–Crippen LogP) is 1.10. The molecule has 90 valence electrons. The molecule has 2 atom stereocenters. The van der Waals surface area contributed by atoms with E-state index in [9.17, 15) is 0 Å². The molecule has 1 aromatic rings. The molecule has 0 bridgehead atoms. The largest absolute Gasteiger partial charge is 0.338 e. The molecule has 5 nitrogen and oxygen atoms in total. The Hall–Kier alpha value is -1.10. The summed E-state index contributed by atoms with van der Waals surface area (Å²) in [6, 6.07) is 0.231. The second kappa shape index (κ2) is 4.41. The van der Waals surface area contributed by atoms with Crippen LogP contribution in [0.5, 0.6) is 0 Å². The molecule has 1 aliphatic rings. The summed E-state index contributed by atoms with van der Waals surface area (Å²) in [6.45, 7) is 8.28. The van der Waals surface area contributed by atoms with Gasteiger partial charge in [0.1, 0.15) is 5.82 Å². The average molecular weight is 223 g/mol. The molecule has 1 fully saturated rings. The maximum absolute atomic E-state index is 6.07. The quantitative estimate of drug-likeness (QED) is 0.787. The average Bonchev–Trinajstić information content (AvgIpc) is 2.71. The van der Waals surface area contributed by atoms with E-state index >= 15 is 0 Å². The van der Waals surface area contributed by atoms with Gasteiger partial charge in [-0.05, 0) is 12.3 Å². The molecule has 0 radical (unpaired) electrons. The second-order valence-corrected chi connectivity index (χ2v) is 5.05. The summed E-state index contributed by atoms with van der Waals surface area (Å²) in [4.78, 5) is 6.67. The molecule has 16 heavy (non-hydrogen) atoms. The van der Waals surface area contributed by atoms with Crippen LogP contribution >= 0.6 is 0 Å². The molecule has 2 unspecified atom stereocenters. The van der Waals surface area contributed by atoms with Gasteiger partial charge in [-0.2, -0.15) is 4.98 Å². The normalized spacial score (nSPS) is 26.4. The molecule has 0 saturated carbocycles. The number of anilines is 1. The summed E-state index contributed by atoms with van der Waals surface area (Å²) in [5, 5.41) is 7.24. The van der Waals surface area contributed by atoms with Crippen LogP contribution in [-0.2, 0) is 0 Å². The number of hydrogen-bond acceptors (Lipinski definition) is 4. The van der Waals surface area contributed by atoms with E-state index in [4.69, 9.17) is 5.73 Å². The van der Waals surface area contributed by atoms with Gasteiger partial charge in [0.05, 0.1) is 0 Å². The van der Waals surface area contributed by atoms with Crippen LogP contribution in [0.1, 0.15) is 38.9 Å². The van der Waals surface area contributed by atoms with E-state index in [2.05, 4.69) is 40.9 Å². The number of nitrogens with two attached hydrogens (primary N) is 1. The van der Waals surface area contributed by atoms with E-state index in [1.54, 1.807) is 0 Å². The van der Waals surface area contributed by atoms with E-state index in [0.29, 0.717) is 11.8 Å². The summed E-state index contributed by atoms with van der Waals surface area (Å²) < 4.78 is 0. The van der Waals surface area contributed by atoms with Crippen LogP contribution in [0.2, 0.25) is 0 Å². The highest BCUT2D eigenvalue weighted by molar-refractivity contribution is 5.30. The van der Waals surface area contributed by atoms with Crippen molar-refractivity contribution in [3.05, 3.63) is 5.82 Å². The van der Waals surface area contributed by atoms with Gasteiger partial charge in [0.2, 0.25) is 5.95 Å². The number of nitrogens with one attached hydrogen (secondary N) is 1. The molecule has 0 spiro atoms. The summed E-state index contributed by atoms with van der Waals surface area (Å²) in [6.07, 6.45) is 1.12. The lowest BCUT2D eigenvalue weighted by Gasteiger charge is -2.34. The zero-order valence-electron chi connectivity index (χ0n) is 10.3. The number of rotatable bonds is 2. The number of nitrogens with zero attached hydrogens (tertiary/aromatic N) is 3. The summed E-state index contributed by atoms with van der Waals surface area (Å²) >= 11 is 0. The molecule has 2 heterocycles. The molecule has 1 aliphatic heterocycles. The maximum Gasteiger partial charge on any atom is 0.244 e. The Bertz CT molecular complexity index is 346. The van der Waals surface area contributed by atoms with Crippen molar-refractivity contribution < 1.29 is 0 Å². The van der Waals surface area contributed by atoms with Crippen LogP contribution in [0.25, 0.3) is 0 Å². The Balaban J connectivity index is 2.07. The smallest absolute Gasteiger partial charge is 0.244 e. The third kappa shape index (κ3) is 2.19. The van der Waals surface area contributed by atoms with Crippen LogP contribution in [0.15, 0.2) is 0 Å². The second-order valence-electron chi connectivity index (χ2n) is 5.05. The van der Waals surface area contributed by atoms with Crippen molar-refractivity contribution in [3.63, 3.8) is 0 Å². The third-order valence-corrected chi connectivity index (χ3v) is 3.34. The van der Waals surface area contributed by atoms with Crippen LogP contribution in [0, 0.1) is 5.92 Å². The summed E-state index contributed by atoms with van der Waals surface area (Å²) in [5.74, 6) is 2.73. The highest BCUT2D eigenvalue weighted by Crippen LogP contribution is 2.20. The lowest BCUT2D eigenvalue weighted by molar-refractivity contribution is 0.376. The van der Waals surface area contributed by atoms with Crippen molar-refractivity contribution in [2.75, 3.05) is 18.0 Å². The van der Waals surface area contributed by atoms with Gasteiger partial charge in [0.15, 0.2) is 0 Å². The number of hydrogen-bond donors (Lipinski definition) is 2. The SMILES string of the molecule is CC(C)c1nc(N2CCC(C)C(N)C2)n[nH]1. The van der Waals surface area contributed by atoms with Gasteiger partial charge in [-0.15, -0.1) is 5.10 Å². The maximum atomic E-state index is 6.07. The first-order valence-electron chi connectivity index (χ1n) is 6.00. The molecule has 2 rings (SSSR count). The summed E-state index contributed by atoms with van der Waals surface area (Å²) in [7, 11) is 0. The van der Waals surface area contributed by atoms with Crippen LogP contribution < -0.4 is 10.6 Å². The van der Waals surface area contributed by atoms with Gasteiger partial charge in [-0.1, -0.05) is 20.8 Å². The molecule has 5 heteroatoms. The number of H-pyrrole nitrogens is 1. The topological polar surface area (TPSA) is 70.8 Å². The van der Waals surface area contributed by atoms with Crippen LogP contribution in [0.4, 0.5) is 5.95 Å². The fourth-order valence-corrected chi connectivity index (χ4v) is 1.95. The Morgan fingerprint density at radius 2 is 2.25 bits per heavy atom. The monoisotopic (exact) mass is 223 g/mol. The van der Waals surface area contributed by atoms with Crippen molar-refractivity contribution in [3.8, 4) is 0 Å². The molecule has 0 aliphatic carbocycles. The molecule has 0 amide bonds. The van der Waals surface area contributed by atoms with Crippen molar-refractivity contribution in [1.82, 2.24) is 15.2 Å². The van der Waals surface area contributed by atoms with Gasteiger partial charge in [0, 0.05) is 25.0 Å². The fraction of sp³-hybridized carbons (Fsp3) is 0.818.